The molecule has 0 saturated heterocycles. The summed E-state index contributed by atoms with van der Waals surface area (Å²) in [5, 5.41) is 0. The molecule has 4 heteroatoms. The smallest absolute Gasteiger partial charge is 0.224 e. The van der Waals surface area contributed by atoms with E-state index in [1.807, 2.05) is 24.3 Å². The second-order valence-electron chi connectivity index (χ2n) is 3.65. The van der Waals surface area contributed by atoms with E-state index in [0.717, 1.165) is 5.52 Å². The van der Waals surface area contributed by atoms with Gasteiger partial charge in [-0.1, -0.05) is 12.1 Å². The lowest BCUT2D eigenvalue weighted by Gasteiger charge is -2.07. The van der Waals surface area contributed by atoms with Gasteiger partial charge < -0.3 is 9.15 Å². The van der Waals surface area contributed by atoms with Gasteiger partial charge in [-0.25, -0.2) is 4.98 Å². The third kappa shape index (κ3) is 1.54. The van der Waals surface area contributed by atoms with E-state index in [1.54, 1.807) is 6.07 Å². The van der Waals surface area contributed by atoms with Crippen molar-refractivity contribution in [2.75, 3.05) is 7.11 Å². The number of rotatable bonds is 1. The van der Waals surface area contributed by atoms with Gasteiger partial charge in [-0.05, 0) is 12.1 Å². The molecule has 17 heavy (non-hydrogen) atoms. The van der Waals surface area contributed by atoms with Crippen molar-refractivity contribution in [3.05, 3.63) is 46.6 Å². The third-order valence-electron chi connectivity index (χ3n) is 2.57. The van der Waals surface area contributed by atoms with Crippen molar-refractivity contribution in [3.63, 3.8) is 0 Å². The Morgan fingerprint density at radius 3 is 2.88 bits per heavy atom. The van der Waals surface area contributed by atoms with Crippen LogP contribution in [0.4, 0.5) is 0 Å². The van der Waals surface area contributed by atoms with Crippen LogP contribution in [0.25, 0.3) is 22.6 Å². The van der Waals surface area contributed by atoms with Crippen molar-refractivity contribution in [2.45, 2.75) is 0 Å². The summed E-state index contributed by atoms with van der Waals surface area (Å²) in [5.74, 6) is 0.741. The molecule has 1 aromatic carbocycles. The van der Waals surface area contributed by atoms with Crippen LogP contribution < -0.4 is 10.2 Å². The predicted octanol–water partition coefficient (Wildman–Crippen LogP) is 2.30. The minimum absolute atomic E-state index is 0.208. The highest BCUT2D eigenvalue weighted by Gasteiger charge is 2.12. The third-order valence-corrected chi connectivity index (χ3v) is 2.57. The molecule has 0 N–H and O–H groups in total. The van der Waals surface area contributed by atoms with Crippen LogP contribution in [0, 0.1) is 0 Å². The van der Waals surface area contributed by atoms with E-state index in [-0.39, 0.29) is 11.2 Å². The van der Waals surface area contributed by atoms with Gasteiger partial charge in [0.2, 0.25) is 5.43 Å². The molecule has 0 saturated carbocycles. The highest BCUT2D eigenvalue weighted by atomic mass is 16.5. The molecule has 0 atom stereocenters. The van der Waals surface area contributed by atoms with Gasteiger partial charge in [0.25, 0.3) is 0 Å². The molecule has 0 unspecified atom stereocenters. The Bertz CT molecular complexity index is 717. The second kappa shape index (κ2) is 3.59. The Kier molecular flexibility index (Phi) is 2.08. The normalized spacial score (nSPS) is 10.9. The van der Waals surface area contributed by atoms with Crippen molar-refractivity contribution >= 4 is 11.1 Å². The first-order valence-electron chi connectivity index (χ1n) is 5.15. The van der Waals surface area contributed by atoms with Crippen molar-refractivity contribution < 1.29 is 9.15 Å². The molecule has 0 radical (unpaired) electrons. The fourth-order valence-corrected chi connectivity index (χ4v) is 1.74. The van der Waals surface area contributed by atoms with Crippen LogP contribution in [0.15, 0.2) is 45.6 Å². The van der Waals surface area contributed by atoms with Gasteiger partial charge in [0.1, 0.15) is 11.2 Å². The van der Waals surface area contributed by atoms with Gasteiger partial charge in [0, 0.05) is 12.1 Å². The first kappa shape index (κ1) is 9.84. The Labute approximate surface area is 96.8 Å². The Morgan fingerprint density at radius 1 is 1.24 bits per heavy atom. The first-order chi connectivity index (χ1) is 8.28. The van der Waals surface area contributed by atoms with Gasteiger partial charge in [-0.3, -0.25) is 4.79 Å². The number of hydrogen-bond acceptors (Lipinski definition) is 4. The van der Waals surface area contributed by atoms with Crippen LogP contribution in [0.2, 0.25) is 0 Å². The summed E-state index contributed by atoms with van der Waals surface area (Å²) in [5.41, 5.74) is 1.81. The number of nitrogens with zero attached hydrogens (tertiary/aromatic N) is 1. The van der Waals surface area contributed by atoms with E-state index < -0.39 is 0 Å². The predicted molar refractivity (Wildman–Crippen MR) is 63.5 cm³/mol. The number of hydrogen-bond donors (Lipinski definition) is 0. The molecular weight excluding hydrogens is 218 g/mol. The van der Waals surface area contributed by atoms with Crippen LogP contribution in [0.5, 0.6) is 5.75 Å². The number of fused-ring (bicyclic) bond motifs is 2. The number of methoxy groups -OCH3 is 1. The molecule has 0 aromatic heterocycles. The van der Waals surface area contributed by atoms with Gasteiger partial charge in [-0.2, -0.15) is 0 Å². The lowest BCUT2D eigenvalue weighted by atomic mass is 10.2. The highest BCUT2D eigenvalue weighted by Crippen LogP contribution is 2.25. The van der Waals surface area contributed by atoms with Crippen LogP contribution in [-0.2, 0) is 0 Å². The molecule has 3 rings (SSSR count). The quantitative estimate of drug-likeness (QED) is 0.598. The average molecular weight is 227 g/mol. The van der Waals surface area contributed by atoms with E-state index in [2.05, 4.69) is 4.98 Å². The summed E-state index contributed by atoms with van der Waals surface area (Å²) in [6, 6.07) is 10.4. The minimum Gasteiger partial charge on any atom is -0.493 e. The molecule has 1 heterocycles. The first-order valence-corrected chi connectivity index (χ1v) is 5.15. The van der Waals surface area contributed by atoms with Gasteiger partial charge >= 0.3 is 0 Å². The standard InChI is InChI=1S/C13H9NO3/c1-16-13-6-9-12(7-10(13)15)17-11-5-3-2-4-8(11)14-9/h2-7H,1H3. The molecule has 4 nitrogen and oxygen atoms in total. The lowest BCUT2D eigenvalue weighted by Crippen LogP contribution is -2.05. The van der Waals surface area contributed by atoms with Gasteiger partial charge in [0.05, 0.1) is 7.11 Å². The van der Waals surface area contributed by atoms with E-state index in [9.17, 15) is 4.79 Å². The molecule has 0 fully saturated rings. The summed E-state index contributed by atoms with van der Waals surface area (Å²) in [6.45, 7) is 0. The Balaban J connectivity index is 2.41. The number of aromatic nitrogens is 1. The Hall–Kier alpha value is -2.36. The van der Waals surface area contributed by atoms with Crippen LogP contribution >= 0.6 is 0 Å². The molecule has 2 aliphatic rings. The fraction of sp³-hybridized carbons (Fsp3) is 0.0769. The number of benzene rings is 2. The summed E-state index contributed by atoms with van der Waals surface area (Å²) in [4.78, 5) is 16.0. The fourth-order valence-electron chi connectivity index (χ4n) is 1.74. The highest BCUT2D eigenvalue weighted by molar-refractivity contribution is 5.76. The van der Waals surface area contributed by atoms with Crippen molar-refractivity contribution in [1.82, 2.24) is 4.98 Å². The summed E-state index contributed by atoms with van der Waals surface area (Å²) < 4.78 is 10.6. The minimum atomic E-state index is -0.208. The SMILES string of the molecule is COc1cc2nc3ccccc3oc-2cc1=O. The molecule has 84 valence electrons. The van der Waals surface area contributed by atoms with Crippen molar-refractivity contribution in [3.8, 4) is 17.2 Å². The molecule has 0 amide bonds. The van der Waals surface area contributed by atoms with Crippen LogP contribution in [0.1, 0.15) is 0 Å². The summed E-state index contributed by atoms with van der Waals surface area (Å²) >= 11 is 0. The maximum absolute atomic E-state index is 11.6. The number of para-hydroxylation sites is 2. The summed E-state index contributed by atoms with van der Waals surface area (Å²) in [7, 11) is 1.46. The van der Waals surface area contributed by atoms with Crippen LogP contribution in [-0.4, -0.2) is 12.1 Å². The zero-order valence-electron chi connectivity index (χ0n) is 9.14. The zero-order chi connectivity index (χ0) is 11.8. The van der Waals surface area contributed by atoms with E-state index >= 15 is 0 Å². The van der Waals surface area contributed by atoms with E-state index in [4.69, 9.17) is 9.15 Å². The molecule has 1 aromatic rings. The largest absolute Gasteiger partial charge is 0.493 e. The average Bonchev–Trinajstić information content (AvgIpc) is 2.35. The van der Waals surface area contributed by atoms with Gasteiger partial charge in [0.15, 0.2) is 17.1 Å². The topological polar surface area (TPSA) is 52.3 Å². The monoisotopic (exact) mass is 227 g/mol. The van der Waals surface area contributed by atoms with Crippen molar-refractivity contribution in [2.24, 2.45) is 0 Å². The second-order valence-corrected chi connectivity index (χ2v) is 3.65. The van der Waals surface area contributed by atoms with Gasteiger partial charge in [-0.15, -0.1) is 0 Å². The maximum atomic E-state index is 11.6. The summed E-state index contributed by atoms with van der Waals surface area (Å²) in [6.07, 6.45) is 0. The van der Waals surface area contributed by atoms with E-state index in [1.165, 1.54) is 13.2 Å². The Morgan fingerprint density at radius 2 is 2.06 bits per heavy atom. The number of ether oxygens (including phenoxy) is 1. The van der Waals surface area contributed by atoms with E-state index in [0.29, 0.717) is 17.0 Å². The molecule has 1 aliphatic heterocycles. The lowest BCUT2D eigenvalue weighted by molar-refractivity contribution is 0.410. The molecule has 1 aliphatic carbocycles. The zero-order valence-corrected chi connectivity index (χ0v) is 9.14. The maximum Gasteiger partial charge on any atom is 0.224 e. The van der Waals surface area contributed by atoms with Crippen LogP contribution in [0.3, 0.4) is 0 Å². The molecule has 0 spiro atoms. The molecular formula is C13H9NO3. The van der Waals surface area contributed by atoms with Crippen molar-refractivity contribution in [1.29, 1.82) is 0 Å². The molecule has 0 bridgehead atoms.